The average Bonchev–Trinajstić information content (AvgIpc) is 3.36. The molecule has 2 aromatic heterocycles. The van der Waals surface area contributed by atoms with Crippen LogP contribution in [0, 0.1) is 0 Å². The lowest BCUT2D eigenvalue weighted by atomic mass is 10.0. The van der Waals surface area contributed by atoms with Gasteiger partial charge in [0.15, 0.2) is 0 Å². The molecule has 0 spiro atoms. The van der Waals surface area contributed by atoms with E-state index in [1.54, 1.807) is 69.5 Å². The van der Waals surface area contributed by atoms with E-state index in [1.807, 2.05) is 0 Å². The van der Waals surface area contributed by atoms with Gasteiger partial charge in [0.25, 0.3) is 5.91 Å². The summed E-state index contributed by atoms with van der Waals surface area (Å²) in [5.74, 6) is -0.0860. The van der Waals surface area contributed by atoms with E-state index >= 15 is 0 Å². The molecule has 30 heavy (non-hydrogen) atoms. The minimum atomic E-state index is -0.412. The van der Waals surface area contributed by atoms with Gasteiger partial charge >= 0.3 is 5.97 Å². The lowest BCUT2D eigenvalue weighted by molar-refractivity contribution is 0.0526. The molecule has 0 unspecified atom stereocenters. The van der Waals surface area contributed by atoms with Crippen LogP contribution in [-0.4, -0.2) is 32.3 Å². The molecule has 2 bridgehead atoms. The molecular weight excluding hydrogens is 384 g/mol. The number of benzene rings is 2. The first-order valence-corrected chi connectivity index (χ1v) is 9.31. The standard InChI is InChI=1S/C23H22N2O5/c1-5-29-23(27)15-7-9-16(10-8-15)25-22(26)21-19-13-12-18(30-19)20(21)17(24-3)11-6-14(2)28-4/h6-13H,3,5H2,1-2,4H3,(H,25,26)/b14-6+,17-11-. The number of allylic oxidation sites excluding steroid dienone is 3. The number of carbonyl (C=O) groups is 2. The smallest absolute Gasteiger partial charge is 0.338 e. The third kappa shape index (κ3) is 4.25. The third-order valence-corrected chi connectivity index (χ3v) is 4.45. The highest BCUT2D eigenvalue weighted by molar-refractivity contribution is 6.14. The molecule has 2 heterocycles. The first kappa shape index (κ1) is 20.9. The fourth-order valence-electron chi connectivity index (χ4n) is 2.91. The lowest BCUT2D eigenvalue weighted by Gasteiger charge is -2.08. The quantitative estimate of drug-likeness (QED) is 0.249. The molecule has 0 aliphatic heterocycles. The second kappa shape index (κ2) is 9.09. The molecular formula is C23H22N2O5. The molecule has 3 rings (SSSR count). The Morgan fingerprint density at radius 1 is 1.10 bits per heavy atom. The van der Waals surface area contributed by atoms with Gasteiger partial charge in [-0.05, 0) is 69.1 Å². The fraction of sp³-hybridized carbons (Fsp3) is 0.174. The Hall–Kier alpha value is -3.87. The summed E-state index contributed by atoms with van der Waals surface area (Å²) in [4.78, 5) is 28.8. The highest BCUT2D eigenvalue weighted by Gasteiger charge is 2.25. The number of ether oxygens (including phenoxy) is 2. The topological polar surface area (TPSA) is 90.1 Å². The van der Waals surface area contributed by atoms with Crippen molar-refractivity contribution in [2.24, 2.45) is 4.99 Å². The molecule has 7 nitrogen and oxygen atoms in total. The number of hydrogen-bond donors (Lipinski definition) is 1. The molecule has 1 amide bonds. The van der Waals surface area contributed by atoms with Gasteiger partial charge in [-0.1, -0.05) is 0 Å². The van der Waals surface area contributed by atoms with Crippen LogP contribution >= 0.6 is 0 Å². The Morgan fingerprint density at radius 2 is 1.77 bits per heavy atom. The molecule has 0 fully saturated rings. The number of carbonyl (C=O) groups excluding carboxylic acids is 2. The summed E-state index contributed by atoms with van der Waals surface area (Å²) in [6, 6.07) is 9.97. The Kier molecular flexibility index (Phi) is 6.32. The number of furan rings is 2. The zero-order valence-electron chi connectivity index (χ0n) is 17.0. The van der Waals surface area contributed by atoms with Gasteiger partial charge in [-0.25, -0.2) is 4.79 Å². The van der Waals surface area contributed by atoms with Crippen LogP contribution in [0.1, 0.15) is 40.1 Å². The molecule has 1 N–H and O–H groups in total. The average molecular weight is 406 g/mol. The molecule has 0 saturated carbocycles. The number of nitrogens with one attached hydrogen (secondary N) is 1. The van der Waals surface area contributed by atoms with Crippen molar-refractivity contribution in [3.8, 4) is 0 Å². The van der Waals surface area contributed by atoms with Crippen molar-refractivity contribution in [1.29, 1.82) is 0 Å². The highest BCUT2D eigenvalue weighted by atomic mass is 16.5. The second-order valence-electron chi connectivity index (χ2n) is 6.36. The number of rotatable bonds is 8. The van der Waals surface area contributed by atoms with Crippen molar-refractivity contribution in [1.82, 2.24) is 0 Å². The number of aliphatic imine (C=N–C) groups is 1. The summed E-state index contributed by atoms with van der Waals surface area (Å²) in [6.07, 6.45) is 3.45. The number of anilines is 1. The van der Waals surface area contributed by atoms with Gasteiger partial charge < -0.3 is 19.2 Å². The van der Waals surface area contributed by atoms with Crippen LogP contribution < -0.4 is 5.32 Å². The molecule has 0 aliphatic rings. The van der Waals surface area contributed by atoms with Gasteiger partial charge in [0.1, 0.15) is 11.2 Å². The van der Waals surface area contributed by atoms with Gasteiger partial charge in [-0.15, -0.1) is 0 Å². The normalized spacial score (nSPS) is 12.1. The van der Waals surface area contributed by atoms with Crippen molar-refractivity contribution in [3.63, 3.8) is 0 Å². The summed E-state index contributed by atoms with van der Waals surface area (Å²) in [6.45, 7) is 7.46. The number of nitrogens with zero attached hydrogens (tertiary/aromatic N) is 1. The summed E-state index contributed by atoms with van der Waals surface area (Å²) < 4.78 is 15.8. The van der Waals surface area contributed by atoms with Gasteiger partial charge in [-0.3, -0.25) is 9.79 Å². The van der Waals surface area contributed by atoms with Crippen LogP contribution in [0.15, 0.2) is 63.7 Å². The summed E-state index contributed by atoms with van der Waals surface area (Å²) >= 11 is 0. The molecule has 154 valence electrons. The van der Waals surface area contributed by atoms with Crippen molar-refractivity contribution in [3.05, 3.63) is 71.0 Å². The minimum Gasteiger partial charge on any atom is -0.501 e. The molecule has 0 saturated heterocycles. The fourth-order valence-corrected chi connectivity index (χ4v) is 2.91. The zero-order valence-corrected chi connectivity index (χ0v) is 17.0. The van der Waals surface area contributed by atoms with Gasteiger partial charge in [0.05, 0.1) is 41.9 Å². The summed E-state index contributed by atoms with van der Waals surface area (Å²) in [7, 11) is 1.57. The Labute approximate surface area is 174 Å². The predicted molar refractivity (Wildman–Crippen MR) is 116 cm³/mol. The largest absolute Gasteiger partial charge is 0.501 e. The van der Waals surface area contributed by atoms with E-state index in [0.717, 1.165) is 0 Å². The van der Waals surface area contributed by atoms with Gasteiger partial charge in [0, 0.05) is 5.69 Å². The van der Waals surface area contributed by atoms with E-state index in [-0.39, 0.29) is 5.91 Å². The van der Waals surface area contributed by atoms with E-state index < -0.39 is 5.97 Å². The number of hydrogen-bond acceptors (Lipinski definition) is 6. The Bertz CT molecular complexity index is 1120. The van der Waals surface area contributed by atoms with Crippen LogP contribution in [-0.2, 0) is 9.47 Å². The molecule has 7 heteroatoms. The monoisotopic (exact) mass is 406 g/mol. The number of methoxy groups -OCH3 is 1. The van der Waals surface area contributed by atoms with Crippen molar-refractivity contribution < 1.29 is 23.5 Å². The van der Waals surface area contributed by atoms with Gasteiger partial charge in [0.2, 0.25) is 0 Å². The highest BCUT2D eigenvalue weighted by Crippen LogP contribution is 2.35. The first-order chi connectivity index (χ1) is 14.5. The molecule has 0 radical (unpaired) electrons. The predicted octanol–water partition coefficient (Wildman–Crippen LogP) is 4.89. The summed E-state index contributed by atoms with van der Waals surface area (Å²) in [5, 5.41) is 2.83. The van der Waals surface area contributed by atoms with Crippen LogP contribution in [0.25, 0.3) is 16.9 Å². The maximum Gasteiger partial charge on any atom is 0.338 e. The summed E-state index contributed by atoms with van der Waals surface area (Å²) in [5.41, 5.74) is 3.34. The molecule has 0 aliphatic carbocycles. The molecule has 0 atom stereocenters. The van der Waals surface area contributed by atoms with Crippen LogP contribution in [0.2, 0.25) is 0 Å². The van der Waals surface area contributed by atoms with Crippen molar-refractivity contribution in [2.45, 2.75) is 13.8 Å². The SMILES string of the molecule is C=N/C(=C\C=C(/C)OC)c1c(C(=O)Nc2ccc(C(=O)OCC)cc2)c2ccc1o2. The molecule has 1 aromatic carbocycles. The first-order valence-electron chi connectivity index (χ1n) is 9.31. The van der Waals surface area contributed by atoms with Crippen LogP contribution in [0.3, 0.4) is 0 Å². The minimum absolute atomic E-state index is 0.297. The zero-order chi connectivity index (χ0) is 21.7. The number of fused-ring (bicyclic) bond motifs is 2. The molecule has 3 aromatic rings. The van der Waals surface area contributed by atoms with Crippen LogP contribution in [0.5, 0.6) is 0 Å². The van der Waals surface area contributed by atoms with Gasteiger partial charge in [-0.2, -0.15) is 0 Å². The maximum absolute atomic E-state index is 13.0. The lowest BCUT2D eigenvalue weighted by Crippen LogP contribution is -2.14. The maximum atomic E-state index is 13.0. The number of amides is 1. The Balaban J connectivity index is 1.89. The number of esters is 1. The van der Waals surface area contributed by atoms with Crippen molar-refractivity contribution in [2.75, 3.05) is 19.0 Å². The van der Waals surface area contributed by atoms with Crippen molar-refractivity contribution >= 4 is 41.1 Å². The van der Waals surface area contributed by atoms with E-state index in [9.17, 15) is 9.59 Å². The Morgan fingerprint density at radius 3 is 2.37 bits per heavy atom. The third-order valence-electron chi connectivity index (χ3n) is 4.45. The van der Waals surface area contributed by atoms with Crippen LogP contribution in [0.4, 0.5) is 5.69 Å². The van der Waals surface area contributed by atoms with E-state index in [0.29, 0.717) is 51.6 Å². The van der Waals surface area contributed by atoms with E-state index in [4.69, 9.17) is 13.9 Å². The van der Waals surface area contributed by atoms with E-state index in [2.05, 4.69) is 17.0 Å². The van der Waals surface area contributed by atoms with E-state index in [1.165, 1.54) is 0 Å². The second-order valence-corrected chi connectivity index (χ2v) is 6.36.